The minimum atomic E-state index is -0.505. The number of rotatable bonds is 11. The van der Waals surface area contributed by atoms with Gasteiger partial charge in [0, 0.05) is 39.5 Å². The summed E-state index contributed by atoms with van der Waals surface area (Å²) in [7, 11) is 1.61. The molecule has 3 N–H and O–H groups in total. The predicted octanol–water partition coefficient (Wildman–Crippen LogP) is 6.35. The maximum atomic E-state index is 13.3. The number of methoxy groups -OCH3 is 1. The quantitative estimate of drug-likeness (QED) is 0.116. The topological polar surface area (TPSA) is 122 Å². The van der Waals surface area contributed by atoms with E-state index in [1.165, 1.54) is 23.1 Å². The molecule has 0 aliphatic carbocycles. The lowest BCUT2D eigenvalue weighted by molar-refractivity contribution is -0.114. The molecule has 0 radical (unpaired) electrons. The molecule has 44 heavy (non-hydrogen) atoms. The fraction of sp³-hybridized carbons (Fsp3) is 0.0606. The van der Waals surface area contributed by atoms with Crippen molar-refractivity contribution in [3.63, 3.8) is 0 Å². The van der Waals surface area contributed by atoms with E-state index in [4.69, 9.17) is 4.74 Å². The highest BCUT2D eigenvalue weighted by Gasteiger charge is 2.16. The first kappa shape index (κ1) is 30.2. The zero-order valence-electron chi connectivity index (χ0n) is 23.5. The van der Waals surface area contributed by atoms with E-state index < -0.39 is 11.8 Å². The molecule has 0 atom stereocenters. The summed E-state index contributed by atoms with van der Waals surface area (Å²) >= 11 is 2.67. The van der Waals surface area contributed by atoms with Gasteiger partial charge in [-0.1, -0.05) is 30.3 Å². The highest BCUT2D eigenvalue weighted by atomic mass is 32.2. The van der Waals surface area contributed by atoms with Crippen molar-refractivity contribution in [1.29, 1.82) is 0 Å². The van der Waals surface area contributed by atoms with Crippen molar-refractivity contribution >= 4 is 57.7 Å². The van der Waals surface area contributed by atoms with Gasteiger partial charge in [-0.25, -0.2) is 4.98 Å². The first-order chi connectivity index (χ1) is 21.5. The Morgan fingerprint density at radius 2 is 1.75 bits per heavy atom. The summed E-state index contributed by atoms with van der Waals surface area (Å²) in [6, 6.07) is 26.8. The van der Waals surface area contributed by atoms with Gasteiger partial charge in [-0.05, 0) is 72.3 Å². The van der Waals surface area contributed by atoms with Crippen LogP contribution in [0.4, 0.5) is 10.8 Å². The van der Waals surface area contributed by atoms with Crippen LogP contribution < -0.4 is 20.7 Å². The Hall–Kier alpha value is -5.26. The van der Waals surface area contributed by atoms with Gasteiger partial charge < -0.3 is 20.7 Å². The number of nitrogens with zero attached hydrogens (tertiary/aromatic N) is 2. The highest BCUT2D eigenvalue weighted by Crippen LogP contribution is 2.27. The van der Waals surface area contributed by atoms with Crippen molar-refractivity contribution in [2.45, 2.75) is 4.90 Å². The number of aromatic nitrogens is 2. The van der Waals surface area contributed by atoms with Crippen molar-refractivity contribution in [1.82, 2.24) is 15.3 Å². The van der Waals surface area contributed by atoms with Gasteiger partial charge in [0.15, 0.2) is 5.13 Å². The summed E-state index contributed by atoms with van der Waals surface area (Å²) in [6.07, 6.45) is 4.78. The standard InChI is InChI=1S/C33H27N5O4S2/c1-42-26-14-12-23(13-15-26)29-20-44-33(37-29)38-30(39)21-43-27-11-5-10-25(18-27)35-32(41)28(17-22-7-6-16-34-19-22)36-31(40)24-8-3-2-4-9-24/h2-20H,21H2,1H3,(H,35,41)(H,36,40)(H,37,38,39)/b28-17-. The second-order valence-corrected chi connectivity index (χ2v) is 11.2. The fourth-order valence-corrected chi connectivity index (χ4v) is 5.45. The second kappa shape index (κ2) is 14.8. The number of thioether (sulfide) groups is 1. The maximum Gasteiger partial charge on any atom is 0.272 e. The van der Waals surface area contributed by atoms with Gasteiger partial charge >= 0.3 is 0 Å². The summed E-state index contributed by atoms with van der Waals surface area (Å²) in [6.45, 7) is 0. The Bertz CT molecular complexity index is 1780. The smallest absolute Gasteiger partial charge is 0.272 e. The summed E-state index contributed by atoms with van der Waals surface area (Å²) < 4.78 is 5.20. The fourth-order valence-electron chi connectivity index (χ4n) is 3.96. The van der Waals surface area contributed by atoms with Gasteiger partial charge in [-0.2, -0.15) is 0 Å². The Balaban J connectivity index is 1.20. The molecule has 0 bridgehead atoms. The number of ether oxygens (including phenoxy) is 1. The molecule has 0 aliphatic heterocycles. The first-order valence-electron chi connectivity index (χ1n) is 13.4. The van der Waals surface area contributed by atoms with Crippen LogP contribution >= 0.6 is 23.1 Å². The Morgan fingerprint density at radius 1 is 0.932 bits per heavy atom. The van der Waals surface area contributed by atoms with Crippen LogP contribution in [0.5, 0.6) is 5.75 Å². The molecule has 5 aromatic rings. The van der Waals surface area contributed by atoms with Crippen LogP contribution in [-0.4, -0.2) is 40.6 Å². The van der Waals surface area contributed by atoms with Crippen LogP contribution in [0.15, 0.2) is 119 Å². The van der Waals surface area contributed by atoms with E-state index in [0.29, 0.717) is 21.9 Å². The Kier molecular flexibility index (Phi) is 10.1. The Morgan fingerprint density at radius 3 is 2.50 bits per heavy atom. The summed E-state index contributed by atoms with van der Waals surface area (Å²) in [4.78, 5) is 48.2. The molecule has 220 valence electrons. The monoisotopic (exact) mass is 621 g/mol. The number of benzene rings is 3. The number of hydrogen-bond acceptors (Lipinski definition) is 8. The number of pyridine rings is 1. The van der Waals surface area contributed by atoms with Gasteiger partial charge in [0.25, 0.3) is 11.8 Å². The zero-order chi connectivity index (χ0) is 30.7. The molecule has 0 fully saturated rings. The third-order valence-electron chi connectivity index (χ3n) is 6.12. The van der Waals surface area contributed by atoms with Crippen LogP contribution in [-0.2, 0) is 9.59 Å². The molecular weight excluding hydrogens is 595 g/mol. The summed E-state index contributed by atoms with van der Waals surface area (Å²) in [5.41, 5.74) is 3.33. The first-order valence-corrected chi connectivity index (χ1v) is 15.3. The molecule has 3 amide bonds. The molecule has 2 aromatic heterocycles. The molecule has 0 unspecified atom stereocenters. The molecular formula is C33H27N5O4S2. The van der Waals surface area contributed by atoms with E-state index in [1.54, 1.807) is 80.2 Å². The molecule has 11 heteroatoms. The number of carbonyl (C=O) groups excluding carboxylic acids is 3. The van der Waals surface area contributed by atoms with Crippen molar-refractivity contribution in [2.24, 2.45) is 0 Å². The van der Waals surface area contributed by atoms with Gasteiger partial charge in [0.1, 0.15) is 11.4 Å². The van der Waals surface area contributed by atoms with Crippen molar-refractivity contribution < 1.29 is 19.1 Å². The summed E-state index contributed by atoms with van der Waals surface area (Å²) in [5, 5.41) is 10.8. The largest absolute Gasteiger partial charge is 0.497 e. The van der Waals surface area contributed by atoms with E-state index >= 15 is 0 Å². The van der Waals surface area contributed by atoms with E-state index in [2.05, 4.69) is 25.9 Å². The van der Waals surface area contributed by atoms with E-state index in [9.17, 15) is 14.4 Å². The lowest BCUT2D eigenvalue weighted by atomic mass is 10.2. The molecule has 5 rings (SSSR count). The van der Waals surface area contributed by atoms with Crippen LogP contribution in [0, 0.1) is 0 Å². The minimum absolute atomic E-state index is 0.0572. The average molecular weight is 622 g/mol. The molecule has 9 nitrogen and oxygen atoms in total. The van der Waals surface area contributed by atoms with Crippen LogP contribution in [0.2, 0.25) is 0 Å². The predicted molar refractivity (Wildman–Crippen MR) is 175 cm³/mol. The van der Waals surface area contributed by atoms with Gasteiger partial charge in [0.2, 0.25) is 5.91 Å². The van der Waals surface area contributed by atoms with Crippen molar-refractivity contribution in [2.75, 3.05) is 23.5 Å². The molecule has 0 saturated carbocycles. The van der Waals surface area contributed by atoms with Crippen molar-refractivity contribution in [3.05, 3.63) is 126 Å². The number of carbonyl (C=O) groups is 3. The Labute approximate surface area is 262 Å². The van der Waals surface area contributed by atoms with E-state index in [-0.39, 0.29) is 17.4 Å². The molecule has 0 saturated heterocycles. The molecule has 3 aromatic carbocycles. The second-order valence-electron chi connectivity index (χ2n) is 9.25. The number of amides is 3. The summed E-state index contributed by atoms with van der Waals surface area (Å²) in [5.74, 6) is -0.217. The third-order valence-corrected chi connectivity index (χ3v) is 7.87. The normalized spacial score (nSPS) is 11.0. The third kappa shape index (κ3) is 8.40. The maximum absolute atomic E-state index is 13.3. The van der Waals surface area contributed by atoms with E-state index in [1.807, 2.05) is 41.8 Å². The average Bonchev–Trinajstić information content (AvgIpc) is 3.53. The minimum Gasteiger partial charge on any atom is -0.497 e. The van der Waals surface area contributed by atoms with Gasteiger partial charge in [-0.3, -0.25) is 19.4 Å². The lowest BCUT2D eigenvalue weighted by Crippen LogP contribution is -2.30. The molecule has 2 heterocycles. The molecule has 0 spiro atoms. The van der Waals surface area contributed by atoms with Crippen molar-refractivity contribution in [3.8, 4) is 17.0 Å². The van der Waals surface area contributed by atoms with Crippen LogP contribution in [0.25, 0.3) is 17.3 Å². The molecule has 0 aliphatic rings. The highest BCUT2D eigenvalue weighted by molar-refractivity contribution is 8.00. The number of anilines is 2. The van der Waals surface area contributed by atoms with E-state index in [0.717, 1.165) is 21.9 Å². The van der Waals surface area contributed by atoms with Crippen LogP contribution in [0.1, 0.15) is 15.9 Å². The van der Waals surface area contributed by atoms with Gasteiger partial charge in [0.05, 0.1) is 18.6 Å². The van der Waals surface area contributed by atoms with Gasteiger partial charge in [-0.15, -0.1) is 23.1 Å². The number of hydrogen-bond donors (Lipinski definition) is 3. The van der Waals surface area contributed by atoms with Crippen LogP contribution in [0.3, 0.4) is 0 Å². The number of thiazole rings is 1. The zero-order valence-corrected chi connectivity index (χ0v) is 25.2. The lowest BCUT2D eigenvalue weighted by Gasteiger charge is -2.12. The SMILES string of the molecule is COc1ccc(-c2csc(NC(=O)CSc3cccc(NC(=O)/C(=C/c4cccnc4)NC(=O)c4ccccc4)c3)n2)cc1. The number of nitrogens with one attached hydrogen (secondary N) is 3.